The lowest BCUT2D eigenvalue weighted by molar-refractivity contribution is -0.613. The van der Waals surface area contributed by atoms with Gasteiger partial charge in [-0.3, -0.25) is 0 Å². The van der Waals surface area contributed by atoms with Gasteiger partial charge in [0.05, 0.1) is 10.5 Å². The van der Waals surface area contributed by atoms with Crippen molar-refractivity contribution >= 4 is 10.0 Å². The maximum atomic E-state index is 12.6. The van der Waals surface area contributed by atoms with E-state index in [4.69, 9.17) is 4.42 Å². The van der Waals surface area contributed by atoms with E-state index in [9.17, 15) is 8.42 Å². The van der Waals surface area contributed by atoms with Gasteiger partial charge >= 0.3 is 0 Å². The Hall–Kier alpha value is -3.52. The third-order valence-corrected chi connectivity index (χ3v) is 6.00. The highest BCUT2D eigenvalue weighted by Crippen LogP contribution is 2.25. The van der Waals surface area contributed by atoms with Crippen LogP contribution in [0, 0.1) is 0 Å². The first-order chi connectivity index (χ1) is 14.7. The lowest BCUT2D eigenvalue weighted by Crippen LogP contribution is -2.31. The standard InChI is InChI=1S/C23H22N4O3S/c1-23(2,3)19-9-11-20(12-10-19)31(28,29)26-27-15-13-18(14-16-27)22-25-24-21(30-22)17-7-5-4-6-8-17/h4-16H,1-3H3. The number of benzene rings is 2. The molecular weight excluding hydrogens is 412 g/mol. The van der Waals surface area contributed by atoms with Gasteiger partial charge in [-0.1, -0.05) is 51.1 Å². The molecule has 4 aromatic rings. The van der Waals surface area contributed by atoms with Gasteiger partial charge in [0.2, 0.25) is 11.8 Å². The zero-order valence-electron chi connectivity index (χ0n) is 17.4. The van der Waals surface area contributed by atoms with Gasteiger partial charge in [-0.05, 0) is 35.2 Å². The summed E-state index contributed by atoms with van der Waals surface area (Å²) in [6.45, 7) is 6.22. The minimum atomic E-state index is -3.85. The van der Waals surface area contributed by atoms with Gasteiger partial charge in [-0.15, -0.1) is 10.2 Å². The van der Waals surface area contributed by atoms with Crippen molar-refractivity contribution in [3.63, 3.8) is 0 Å². The van der Waals surface area contributed by atoms with Crippen molar-refractivity contribution in [3.05, 3.63) is 89.5 Å². The fourth-order valence-corrected chi connectivity index (χ4v) is 3.88. The maximum Gasteiger partial charge on any atom is 0.248 e. The van der Waals surface area contributed by atoms with Crippen LogP contribution in [0.2, 0.25) is 0 Å². The Labute approximate surface area is 181 Å². The lowest BCUT2D eigenvalue weighted by Gasteiger charge is -2.20. The molecule has 0 bridgehead atoms. The van der Waals surface area contributed by atoms with Crippen molar-refractivity contribution < 1.29 is 17.5 Å². The summed E-state index contributed by atoms with van der Waals surface area (Å²) in [5.74, 6) is 0.755. The van der Waals surface area contributed by atoms with Crippen molar-refractivity contribution in [2.24, 2.45) is 0 Å². The average Bonchev–Trinajstić information content (AvgIpc) is 3.24. The first-order valence-electron chi connectivity index (χ1n) is 9.72. The summed E-state index contributed by atoms with van der Waals surface area (Å²) >= 11 is 0. The molecule has 0 fully saturated rings. The molecule has 2 aromatic carbocycles. The van der Waals surface area contributed by atoms with Crippen molar-refractivity contribution in [2.45, 2.75) is 31.1 Å². The Morgan fingerprint density at radius 2 is 1.35 bits per heavy atom. The molecule has 0 spiro atoms. The predicted molar refractivity (Wildman–Crippen MR) is 116 cm³/mol. The number of pyridine rings is 1. The Morgan fingerprint density at radius 3 is 1.90 bits per heavy atom. The number of hydrogen-bond acceptors (Lipinski definition) is 5. The molecule has 2 aromatic heterocycles. The van der Waals surface area contributed by atoms with E-state index in [0.717, 1.165) is 11.1 Å². The van der Waals surface area contributed by atoms with Crippen molar-refractivity contribution in [1.82, 2.24) is 10.2 Å². The predicted octanol–water partition coefficient (Wildman–Crippen LogP) is 4.51. The number of aromatic nitrogens is 3. The van der Waals surface area contributed by atoms with E-state index >= 15 is 0 Å². The highest BCUT2D eigenvalue weighted by Gasteiger charge is 2.16. The van der Waals surface area contributed by atoms with E-state index < -0.39 is 10.0 Å². The normalized spacial score (nSPS) is 12.0. The molecule has 0 aliphatic heterocycles. The van der Waals surface area contributed by atoms with Crippen LogP contribution in [0.5, 0.6) is 0 Å². The molecule has 4 rings (SSSR count). The van der Waals surface area contributed by atoms with Crippen LogP contribution in [-0.4, -0.2) is 18.6 Å². The molecule has 0 N–H and O–H groups in total. The summed E-state index contributed by atoms with van der Waals surface area (Å²) < 4.78 is 32.3. The van der Waals surface area contributed by atoms with E-state index in [1.165, 1.54) is 17.1 Å². The first kappa shape index (κ1) is 20.7. The highest BCUT2D eigenvalue weighted by atomic mass is 32.2. The van der Waals surface area contributed by atoms with Crippen molar-refractivity contribution in [3.8, 4) is 22.9 Å². The highest BCUT2D eigenvalue weighted by molar-refractivity contribution is 7.93. The molecule has 7 nitrogen and oxygen atoms in total. The van der Waals surface area contributed by atoms with E-state index in [1.54, 1.807) is 24.3 Å². The van der Waals surface area contributed by atoms with Gasteiger partial charge < -0.3 is 9.25 Å². The molecule has 158 valence electrons. The Bertz CT molecular complexity index is 1280. The molecule has 0 aliphatic rings. The second-order valence-corrected chi connectivity index (χ2v) is 9.66. The van der Waals surface area contributed by atoms with E-state index in [0.29, 0.717) is 17.3 Å². The van der Waals surface area contributed by atoms with Gasteiger partial charge in [0, 0.05) is 17.7 Å². The van der Waals surface area contributed by atoms with Crippen LogP contribution < -0.4 is 4.68 Å². The van der Waals surface area contributed by atoms with Crippen LogP contribution in [0.15, 0.2) is 88.4 Å². The van der Waals surface area contributed by atoms with Gasteiger partial charge in [0.1, 0.15) is 0 Å². The zero-order valence-corrected chi connectivity index (χ0v) is 18.2. The molecule has 0 amide bonds. The van der Waals surface area contributed by atoms with Gasteiger partial charge in [-0.2, -0.15) is 0 Å². The molecule has 8 heteroatoms. The molecule has 31 heavy (non-hydrogen) atoms. The monoisotopic (exact) mass is 434 g/mol. The number of sulfonamides is 1. The van der Waals surface area contributed by atoms with E-state index in [2.05, 4.69) is 35.8 Å². The van der Waals surface area contributed by atoms with Gasteiger partial charge in [0.25, 0.3) is 0 Å². The molecule has 0 saturated heterocycles. The summed E-state index contributed by atoms with van der Waals surface area (Å²) in [7, 11) is -3.85. The van der Waals surface area contributed by atoms with Crippen LogP contribution in [0.25, 0.3) is 27.7 Å². The van der Waals surface area contributed by atoms with Crippen LogP contribution in [-0.2, 0) is 15.4 Å². The summed E-state index contributed by atoms with van der Waals surface area (Å²) in [5, 5.41) is 8.13. The topological polar surface area (TPSA) is 91.0 Å². The Balaban J connectivity index is 1.50. The van der Waals surface area contributed by atoms with Crippen LogP contribution >= 0.6 is 0 Å². The third-order valence-electron chi connectivity index (χ3n) is 4.73. The second kappa shape index (κ2) is 7.96. The molecule has 2 heterocycles. The quantitative estimate of drug-likeness (QED) is 0.431. The molecule has 0 radical (unpaired) electrons. The summed E-state index contributed by atoms with van der Waals surface area (Å²) in [5.41, 5.74) is 2.48. The largest absolute Gasteiger partial charge is 0.416 e. The minimum Gasteiger partial charge on any atom is -0.416 e. The number of nitrogens with zero attached hydrogens (tertiary/aromatic N) is 4. The summed E-state index contributed by atoms with van der Waals surface area (Å²) in [6, 6.07) is 19.6. The van der Waals surface area contributed by atoms with Crippen molar-refractivity contribution in [2.75, 3.05) is 0 Å². The molecule has 0 unspecified atom stereocenters. The first-order valence-corrected chi connectivity index (χ1v) is 11.2. The Morgan fingerprint density at radius 1 is 0.806 bits per heavy atom. The number of hydrogen-bond donors (Lipinski definition) is 0. The zero-order chi connectivity index (χ0) is 22.1. The third kappa shape index (κ3) is 4.64. The average molecular weight is 435 g/mol. The molecule has 0 saturated carbocycles. The molecular formula is C23H22N4O3S. The van der Waals surface area contributed by atoms with E-state index in [1.807, 2.05) is 42.5 Å². The SMILES string of the molecule is CC(C)(C)c1ccc(S(=O)(=O)[N-][n+]2ccc(-c3nnc(-c4ccccc4)o3)cc2)cc1. The fraction of sp³-hybridized carbons (Fsp3) is 0.174. The van der Waals surface area contributed by atoms with Crippen LogP contribution in [0.4, 0.5) is 0 Å². The second-order valence-electron chi connectivity index (χ2n) is 8.08. The van der Waals surface area contributed by atoms with E-state index in [-0.39, 0.29) is 10.3 Å². The lowest BCUT2D eigenvalue weighted by atomic mass is 9.87. The summed E-state index contributed by atoms with van der Waals surface area (Å²) in [4.78, 5) is 4.00. The Kier molecular flexibility index (Phi) is 5.32. The summed E-state index contributed by atoms with van der Waals surface area (Å²) in [6.07, 6.45) is 3.06. The smallest absolute Gasteiger partial charge is 0.248 e. The molecule has 0 atom stereocenters. The van der Waals surface area contributed by atoms with Gasteiger partial charge in [0.15, 0.2) is 22.4 Å². The minimum absolute atomic E-state index is 0.0564. The van der Waals surface area contributed by atoms with Crippen molar-refractivity contribution in [1.29, 1.82) is 0 Å². The number of rotatable bonds is 5. The van der Waals surface area contributed by atoms with Crippen LogP contribution in [0.3, 0.4) is 0 Å². The molecule has 0 aliphatic carbocycles. The fourth-order valence-electron chi connectivity index (χ4n) is 2.95. The maximum absolute atomic E-state index is 12.6. The van der Waals surface area contributed by atoms with Crippen LogP contribution in [0.1, 0.15) is 26.3 Å². The van der Waals surface area contributed by atoms with Gasteiger partial charge in [-0.25, -0.2) is 13.1 Å².